The van der Waals surface area contributed by atoms with Gasteiger partial charge in [-0.25, -0.2) is 8.78 Å². The van der Waals surface area contributed by atoms with Gasteiger partial charge in [-0.3, -0.25) is 0 Å². The number of hydrogen-bond donors (Lipinski definition) is 1. The van der Waals surface area contributed by atoms with E-state index in [9.17, 15) is 8.78 Å². The standard InChI is InChI=1S/C15H15F2N/c1-10-3-5-11(6-4-10)15(2,18)13-9-12(16)7-8-14(13)17/h3-9H,18H2,1-2H3. The zero-order valence-corrected chi connectivity index (χ0v) is 10.4. The maximum Gasteiger partial charge on any atom is 0.128 e. The van der Waals surface area contributed by atoms with Crippen molar-refractivity contribution in [2.75, 3.05) is 0 Å². The second-order valence-electron chi connectivity index (χ2n) is 4.69. The van der Waals surface area contributed by atoms with Crippen LogP contribution in [0, 0.1) is 18.6 Å². The summed E-state index contributed by atoms with van der Waals surface area (Å²) in [5.41, 5.74) is 7.12. The van der Waals surface area contributed by atoms with Gasteiger partial charge in [0.2, 0.25) is 0 Å². The first-order valence-electron chi connectivity index (χ1n) is 5.73. The lowest BCUT2D eigenvalue weighted by Gasteiger charge is -2.26. The average molecular weight is 247 g/mol. The Kier molecular flexibility index (Phi) is 3.18. The highest BCUT2D eigenvalue weighted by molar-refractivity contribution is 5.38. The van der Waals surface area contributed by atoms with E-state index < -0.39 is 17.2 Å². The predicted octanol–water partition coefficient (Wildman–Crippen LogP) is 3.50. The smallest absolute Gasteiger partial charge is 0.128 e. The number of benzene rings is 2. The van der Waals surface area contributed by atoms with Crippen LogP contribution < -0.4 is 5.73 Å². The molecule has 0 fully saturated rings. The molecule has 94 valence electrons. The van der Waals surface area contributed by atoms with Crippen LogP contribution in [0.5, 0.6) is 0 Å². The van der Waals surface area contributed by atoms with Gasteiger partial charge in [-0.15, -0.1) is 0 Å². The second kappa shape index (κ2) is 4.50. The van der Waals surface area contributed by atoms with Crippen LogP contribution in [0.2, 0.25) is 0 Å². The highest BCUT2D eigenvalue weighted by Gasteiger charge is 2.27. The highest BCUT2D eigenvalue weighted by Crippen LogP contribution is 2.29. The van der Waals surface area contributed by atoms with E-state index in [1.165, 1.54) is 0 Å². The molecule has 2 aromatic rings. The molecular weight excluding hydrogens is 232 g/mol. The average Bonchev–Trinajstić information content (AvgIpc) is 2.32. The summed E-state index contributed by atoms with van der Waals surface area (Å²) in [4.78, 5) is 0. The topological polar surface area (TPSA) is 26.0 Å². The summed E-state index contributed by atoms with van der Waals surface area (Å²) in [5, 5.41) is 0. The lowest BCUT2D eigenvalue weighted by Crippen LogP contribution is -2.35. The molecule has 0 radical (unpaired) electrons. The summed E-state index contributed by atoms with van der Waals surface area (Å²) < 4.78 is 27.0. The fraction of sp³-hybridized carbons (Fsp3) is 0.200. The van der Waals surface area contributed by atoms with Crippen LogP contribution in [-0.2, 0) is 5.54 Å². The van der Waals surface area contributed by atoms with Crippen LogP contribution >= 0.6 is 0 Å². The molecule has 0 spiro atoms. The number of halogens is 2. The highest BCUT2D eigenvalue weighted by atomic mass is 19.1. The number of nitrogens with two attached hydrogens (primary N) is 1. The largest absolute Gasteiger partial charge is 0.318 e. The van der Waals surface area contributed by atoms with Gasteiger partial charge in [0.05, 0.1) is 5.54 Å². The quantitative estimate of drug-likeness (QED) is 0.863. The monoisotopic (exact) mass is 247 g/mol. The van der Waals surface area contributed by atoms with Crippen LogP contribution in [0.15, 0.2) is 42.5 Å². The molecule has 0 saturated heterocycles. The third-order valence-corrected chi connectivity index (χ3v) is 3.14. The van der Waals surface area contributed by atoms with Crippen LogP contribution in [0.1, 0.15) is 23.6 Å². The minimum absolute atomic E-state index is 0.159. The summed E-state index contributed by atoms with van der Waals surface area (Å²) in [6.07, 6.45) is 0. The summed E-state index contributed by atoms with van der Waals surface area (Å²) >= 11 is 0. The molecule has 0 aliphatic heterocycles. The van der Waals surface area contributed by atoms with Gasteiger partial charge in [0.1, 0.15) is 11.6 Å². The van der Waals surface area contributed by atoms with Crippen molar-refractivity contribution in [2.24, 2.45) is 5.73 Å². The second-order valence-corrected chi connectivity index (χ2v) is 4.69. The van der Waals surface area contributed by atoms with E-state index in [2.05, 4.69) is 0 Å². The van der Waals surface area contributed by atoms with Crippen molar-refractivity contribution < 1.29 is 8.78 Å². The van der Waals surface area contributed by atoms with Crippen LogP contribution in [-0.4, -0.2) is 0 Å². The SMILES string of the molecule is Cc1ccc(C(C)(N)c2cc(F)ccc2F)cc1. The Bertz CT molecular complexity index is 559. The lowest BCUT2D eigenvalue weighted by atomic mass is 9.85. The van der Waals surface area contributed by atoms with Crippen molar-refractivity contribution >= 4 is 0 Å². The van der Waals surface area contributed by atoms with Crippen LogP contribution in [0.25, 0.3) is 0 Å². The molecule has 0 bridgehead atoms. The van der Waals surface area contributed by atoms with E-state index in [1.807, 2.05) is 31.2 Å². The number of rotatable bonds is 2. The van der Waals surface area contributed by atoms with Gasteiger partial charge >= 0.3 is 0 Å². The van der Waals surface area contributed by atoms with Gasteiger partial charge < -0.3 is 5.73 Å². The summed E-state index contributed by atoms with van der Waals surface area (Å²) in [6, 6.07) is 10.8. The maximum atomic E-state index is 13.8. The van der Waals surface area contributed by atoms with Gasteiger partial charge in [0.25, 0.3) is 0 Å². The molecule has 2 N–H and O–H groups in total. The molecule has 1 unspecified atom stereocenters. The fourth-order valence-corrected chi connectivity index (χ4v) is 1.95. The minimum atomic E-state index is -1.06. The Hall–Kier alpha value is -1.74. The summed E-state index contributed by atoms with van der Waals surface area (Å²) in [6.45, 7) is 3.63. The maximum absolute atomic E-state index is 13.8. The molecule has 0 amide bonds. The van der Waals surface area contributed by atoms with Gasteiger partial charge in [0.15, 0.2) is 0 Å². The van der Waals surface area contributed by atoms with Crippen molar-refractivity contribution in [3.63, 3.8) is 0 Å². The van der Waals surface area contributed by atoms with E-state index in [-0.39, 0.29) is 5.56 Å². The molecule has 0 aliphatic rings. The van der Waals surface area contributed by atoms with E-state index in [0.717, 1.165) is 29.3 Å². The minimum Gasteiger partial charge on any atom is -0.318 e. The Balaban J connectivity index is 2.53. The van der Waals surface area contributed by atoms with Crippen LogP contribution in [0.3, 0.4) is 0 Å². The molecule has 3 heteroatoms. The first-order valence-corrected chi connectivity index (χ1v) is 5.73. The predicted molar refractivity (Wildman–Crippen MR) is 68.2 cm³/mol. The van der Waals surface area contributed by atoms with Gasteiger partial charge in [-0.05, 0) is 37.6 Å². The molecule has 0 saturated carbocycles. The zero-order valence-electron chi connectivity index (χ0n) is 10.4. The fourth-order valence-electron chi connectivity index (χ4n) is 1.95. The molecule has 1 nitrogen and oxygen atoms in total. The summed E-state index contributed by atoms with van der Waals surface area (Å²) in [5.74, 6) is -0.989. The van der Waals surface area contributed by atoms with Crippen LogP contribution in [0.4, 0.5) is 8.78 Å². The normalized spacial score (nSPS) is 14.3. The lowest BCUT2D eigenvalue weighted by molar-refractivity contribution is 0.518. The van der Waals surface area contributed by atoms with Crippen molar-refractivity contribution in [3.05, 3.63) is 70.8 Å². The van der Waals surface area contributed by atoms with E-state index in [1.54, 1.807) is 6.92 Å². The zero-order chi connectivity index (χ0) is 13.3. The molecule has 2 aromatic carbocycles. The van der Waals surface area contributed by atoms with Crippen molar-refractivity contribution in [1.82, 2.24) is 0 Å². The third kappa shape index (κ3) is 2.27. The molecule has 2 rings (SSSR count). The molecule has 0 aliphatic carbocycles. The van der Waals surface area contributed by atoms with Gasteiger partial charge in [-0.1, -0.05) is 29.8 Å². The Morgan fingerprint density at radius 1 is 1.00 bits per heavy atom. The van der Waals surface area contributed by atoms with E-state index >= 15 is 0 Å². The van der Waals surface area contributed by atoms with Crippen molar-refractivity contribution in [2.45, 2.75) is 19.4 Å². The molecule has 0 heterocycles. The third-order valence-electron chi connectivity index (χ3n) is 3.14. The Labute approximate surface area is 105 Å². The Morgan fingerprint density at radius 3 is 2.22 bits per heavy atom. The molecular formula is C15H15F2N. The first kappa shape index (κ1) is 12.7. The molecule has 1 atom stereocenters. The van der Waals surface area contributed by atoms with Crippen molar-refractivity contribution in [3.8, 4) is 0 Å². The summed E-state index contributed by atoms with van der Waals surface area (Å²) in [7, 11) is 0. The van der Waals surface area contributed by atoms with E-state index in [0.29, 0.717) is 0 Å². The number of aryl methyl sites for hydroxylation is 1. The molecule has 0 aromatic heterocycles. The molecule has 18 heavy (non-hydrogen) atoms. The van der Waals surface area contributed by atoms with E-state index in [4.69, 9.17) is 5.73 Å². The Morgan fingerprint density at radius 2 is 1.61 bits per heavy atom. The van der Waals surface area contributed by atoms with Crippen molar-refractivity contribution in [1.29, 1.82) is 0 Å². The van der Waals surface area contributed by atoms with Gasteiger partial charge in [0, 0.05) is 5.56 Å². The first-order chi connectivity index (χ1) is 8.41. The van der Waals surface area contributed by atoms with Gasteiger partial charge in [-0.2, -0.15) is 0 Å². The number of hydrogen-bond acceptors (Lipinski definition) is 1.